The molecule has 0 rings (SSSR count). The molecule has 0 fully saturated rings. The van der Waals surface area contributed by atoms with Gasteiger partial charge in [0.25, 0.3) is 0 Å². The Balaban J connectivity index is 4.55. The summed E-state index contributed by atoms with van der Waals surface area (Å²) in [7, 11) is 0. The summed E-state index contributed by atoms with van der Waals surface area (Å²) in [6.07, 6.45) is -1.26. The van der Waals surface area contributed by atoms with Crippen molar-refractivity contribution in [1.82, 2.24) is 0 Å². The molecule has 0 amide bonds. The van der Waals surface area contributed by atoms with Gasteiger partial charge in [0.2, 0.25) is 0 Å². The predicted octanol–water partition coefficient (Wildman–Crippen LogP) is 0.771. The number of aliphatic hydroxyl groups excluding tert-OH is 4. The summed E-state index contributed by atoms with van der Waals surface area (Å²) in [5.41, 5.74) is -0.999. The van der Waals surface area contributed by atoms with E-state index in [1.54, 1.807) is 13.8 Å². The number of rotatable bonds is 7. The average Bonchev–Trinajstić information content (AvgIpc) is 2.26. The highest BCUT2D eigenvalue weighted by Crippen LogP contribution is 2.31. The molecule has 4 heteroatoms. The van der Waals surface area contributed by atoms with Crippen molar-refractivity contribution in [3.8, 4) is 0 Å². The van der Waals surface area contributed by atoms with Crippen molar-refractivity contribution in [3.05, 3.63) is 0 Å². The van der Waals surface area contributed by atoms with E-state index in [1.165, 1.54) is 0 Å². The van der Waals surface area contributed by atoms with Gasteiger partial charge in [-0.05, 0) is 17.8 Å². The fourth-order valence-electron chi connectivity index (χ4n) is 1.92. The zero-order valence-corrected chi connectivity index (χ0v) is 11.6. The number of aliphatic hydroxyl groups is 4. The molecular formula is C13H28O4. The SMILES string of the molecule is CC(CC(C)(C)CO)C(O)C(O)C(C)(C)CO. The first-order chi connectivity index (χ1) is 7.57. The van der Waals surface area contributed by atoms with E-state index >= 15 is 0 Å². The summed E-state index contributed by atoms with van der Waals surface area (Å²) in [6, 6.07) is 0. The van der Waals surface area contributed by atoms with E-state index in [9.17, 15) is 15.3 Å². The van der Waals surface area contributed by atoms with E-state index in [2.05, 4.69) is 0 Å². The molecule has 0 aromatic rings. The van der Waals surface area contributed by atoms with Gasteiger partial charge in [0.05, 0.1) is 18.8 Å². The van der Waals surface area contributed by atoms with E-state index in [4.69, 9.17) is 5.11 Å². The van der Waals surface area contributed by atoms with Crippen LogP contribution in [-0.4, -0.2) is 45.8 Å². The zero-order chi connectivity index (χ0) is 13.9. The Hall–Kier alpha value is -0.160. The molecule has 0 aromatic carbocycles. The van der Waals surface area contributed by atoms with Crippen LogP contribution in [0.25, 0.3) is 0 Å². The van der Waals surface area contributed by atoms with Crippen LogP contribution in [-0.2, 0) is 0 Å². The molecule has 4 nitrogen and oxygen atoms in total. The van der Waals surface area contributed by atoms with E-state index in [-0.39, 0.29) is 24.5 Å². The fourth-order valence-corrected chi connectivity index (χ4v) is 1.92. The first-order valence-electron chi connectivity index (χ1n) is 6.15. The summed E-state index contributed by atoms with van der Waals surface area (Å²) in [5.74, 6) is -0.141. The molecule has 104 valence electrons. The highest BCUT2D eigenvalue weighted by atomic mass is 16.3. The third-order valence-electron chi connectivity index (χ3n) is 3.42. The van der Waals surface area contributed by atoms with E-state index < -0.39 is 17.6 Å². The Bertz CT molecular complexity index is 225. The Morgan fingerprint density at radius 1 is 0.941 bits per heavy atom. The molecule has 0 aliphatic rings. The molecule has 3 atom stereocenters. The normalized spacial score (nSPS) is 18.9. The zero-order valence-electron chi connectivity index (χ0n) is 11.6. The maximum atomic E-state index is 10.1. The predicted molar refractivity (Wildman–Crippen MR) is 67.5 cm³/mol. The minimum atomic E-state index is -0.975. The lowest BCUT2D eigenvalue weighted by Gasteiger charge is -2.36. The first-order valence-corrected chi connectivity index (χ1v) is 6.15. The van der Waals surface area contributed by atoms with E-state index in [0.717, 1.165) is 0 Å². The third kappa shape index (κ3) is 4.92. The molecule has 0 radical (unpaired) electrons. The largest absolute Gasteiger partial charge is 0.396 e. The van der Waals surface area contributed by atoms with Crippen molar-refractivity contribution >= 4 is 0 Å². The third-order valence-corrected chi connectivity index (χ3v) is 3.42. The molecule has 0 aromatic heterocycles. The second kappa shape index (κ2) is 6.14. The van der Waals surface area contributed by atoms with Crippen LogP contribution in [0.1, 0.15) is 41.0 Å². The summed E-state index contributed by atoms with van der Waals surface area (Å²) in [5, 5.41) is 38.4. The van der Waals surface area contributed by atoms with Crippen molar-refractivity contribution in [2.75, 3.05) is 13.2 Å². The van der Waals surface area contributed by atoms with Gasteiger partial charge < -0.3 is 20.4 Å². The van der Waals surface area contributed by atoms with Crippen LogP contribution in [0, 0.1) is 16.7 Å². The lowest BCUT2D eigenvalue weighted by molar-refractivity contribution is -0.0957. The second-order valence-electron chi connectivity index (χ2n) is 6.59. The molecular weight excluding hydrogens is 220 g/mol. The minimum Gasteiger partial charge on any atom is -0.396 e. The number of hydrogen-bond donors (Lipinski definition) is 4. The van der Waals surface area contributed by atoms with Crippen molar-refractivity contribution in [2.24, 2.45) is 16.7 Å². The van der Waals surface area contributed by atoms with Gasteiger partial charge in [-0.3, -0.25) is 0 Å². The van der Waals surface area contributed by atoms with Gasteiger partial charge >= 0.3 is 0 Å². The van der Waals surface area contributed by atoms with Crippen LogP contribution >= 0.6 is 0 Å². The summed E-state index contributed by atoms with van der Waals surface area (Å²) in [4.78, 5) is 0. The molecule has 0 spiro atoms. The smallest absolute Gasteiger partial charge is 0.0874 e. The Morgan fingerprint density at radius 3 is 1.76 bits per heavy atom. The summed E-state index contributed by atoms with van der Waals surface area (Å²) in [6.45, 7) is 8.97. The summed E-state index contributed by atoms with van der Waals surface area (Å²) < 4.78 is 0. The van der Waals surface area contributed by atoms with Crippen LogP contribution in [0.15, 0.2) is 0 Å². The van der Waals surface area contributed by atoms with Crippen molar-refractivity contribution in [2.45, 2.75) is 53.2 Å². The standard InChI is InChI=1S/C13H28O4/c1-9(6-12(2,3)7-14)10(16)11(17)13(4,5)8-15/h9-11,14-17H,6-8H2,1-5H3. The maximum Gasteiger partial charge on any atom is 0.0874 e. The molecule has 0 heterocycles. The highest BCUT2D eigenvalue weighted by Gasteiger charge is 2.37. The van der Waals surface area contributed by atoms with Crippen LogP contribution in [0.4, 0.5) is 0 Å². The molecule has 3 unspecified atom stereocenters. The van der Waals surface area contributed by atoms with Gasteiger partial charge in [0, 0.05) is 12.0 Å². The Labute approximate surface area is 104 Å². The molecule has 0 saturated heterocycles. The topological polar surface area (TPSA) is 80.9 Å². The highest BCUT2D eigenvalue weighted by molar-refractivity contribution is 4.87. The van der Waals surface area contributed by atoms with Crippen LogP contribution < -0.4 is 0 Å². The fraction of sp³-hybridized carbons (Fsp3) is 1.00. The first kappa shape index (κ1) is 16.8. The van der Waals surface area contributed by atoms with E-state index in [0.29, 0.717) is 6.42 Å². The van der Waals surface area contributed by atoms with Gasteiger partial charge in [0.1, 0.15) is 0 Å². The maximum absolute atomic E-state index is 10.1. The number of hydrogen-bond acceptors (Lipinski definition) is 4. The lowest BCUT2D eigenvalue weighted by Crippen LogP contribution is -2.45. The van der Waals surface area contributed by atoms with Crippen molar-refractivity contribution in [3.63, 3.8) is 0 Å². The quantitative estimate of drug-likeness (QED) is 0.536. The summed E-state index contributed by atoms with van der Waals surface area (Å²) >= 11 is 0. The van der Waals surface area contributed by atoms with Crippen molar-refractivity contribution < 1.29 is 20.4 Å². The van der Waals surface area contributed by atoms with Crippen LogP contribution in [0.2, 0.25) is 0 Å². The van der Waals surface area contributed by atoms with E-state index in [1.807, 2.05) is 20.8 Å². The van der Waals surface area contributed by atoms with Crippen LogP contribution in [0.3, 0.4) is 0 Å². The molecule has 0 saturated carbocycles. The molecule has 0 aliphatic carbocycles. The monoisotopic (exact) mass is 248 g/mol. The minimum absolute atomic E-state index is 0.0452. The van der Waals surface area contributed by atoms with Crippen LogP contribution in [0.5, 0.6) is 0 Å². The van der Waals surface area contributed by atoms with Crippen molar-refractivity contribution in [1.29, 1.82) is 0 Å². The molecule has 17 heavy (non-hydrogen) atoms. The van der Waals surface area contributed by atoms with Gasteiger partial charge in [-0.1, -0.05) is 34.6 Å². The molecule has 0 aliphatic heterocycles. The molecule has 4 N–H and O–H groups in total. The molecule has 0 bridgehead atoms. The Morgan fingerprint density at radius 2 is 1.41 bits per heavy atom. The second-order valence-corrected chi connectivity index (χ2v) is 6.59. The van der Waals surface area contributed by atoms with Gasteiger partial charge in [-0.25, -0.2) is 0 Å². The lowest BCUT2D eigenvalue weighted by atomic mass is 9.76. The van der Waals surface area contributed by atoms with Gasteiger partial charge in [-0.15, -0.1) is 0 Å². The van der Waals surface area contributed by atoms with Gasteiger partial charge in [0.15, 0.2) is 0 Å². The Kier molecular flexibility index (Phi) is 6.08. The van der Waals surface area contributed by atoms with Gasteiger partial charge in [-0.2, -0.15) is 0 Å². The average molecular weight is 248 g/mol.